The highest BCUT2D eigenvalue weighted by atomic mass is 32.2. The number of nitrogens with one attached hydrogen (secondary N) is 1. The molecule has 7 nitrogen and oxygen atoms in total. The van der Waals surface area contributed by atoms with Crippen LogP contribution in [0, 0.1) is 0 Å². The summed E-state index contributed by atoms with van der Waals surface area (Å²) in [6, 6.07) is 15.7. The Hall–Kier alpha value is -2.75. The van der Waals surface area contributed by atoms with Crippen molar-refractivity contribution >= 4 is 32.3 Å². The van der Waals surface area contributed by atoms with Gasteiger partial charge < -0.3 is 10.6 Å². The number of rotatable bonds is 6. The van der Waals surface area contributed by atoms with Gasteiger partial charge in [0.2, 0.25) is 5.91 Å². The average Bonchev–Trinajstić information content (AvgIpc) is 3.31. The summed E-state index contributed by atoms with van der Waals surface area (Å²) in [7, 11) is -3.63. The molecule has 1 aliphatic rings. The van der Waals surface area contributed by atoms with E-state index in [0.717, 1.165) is 24.0 Å². The van der Waals surface area contributed by atoms with Gasteiger partial charge in [-0.1, -0.05) is 42.5 Å². The van der Waals surface area contributed by atoms with Crippen molar-refractivity contribution in [3.63, 3.8) is 0 Å². The maximum Gasteiger partial charge on any atom is 0.262 e. The lowest BCUT2D eigenvalue weighted by atomic mass is 9.89. The van der Waals surface area contributed by atoms with E-state index in [4.69, 9.17) is 5.73 Å². The van der Waals surface area contributed by atoms with Crippen molar-refractivity contribution in [3.8, 4) is 0 Å². The van der Waals surface area contributed by atoms with Crippen molar-refractivity contribution in [3.05, 3.63) is 77.4 Å². The van der Waals surface area contributed by atoms with Crippen molar-refractivity contribution in [2.45, 2.75) is 29.7 Å². The molecule has 1 amide bonds. The molecule has 31 heavy (non-hydrogen) atoms. The molecule has 1 aliphatic heterocycles. The number of aromatic nitrogens is 1. The van der Waals surface area contributed by atoms with Gasteiger partial charge in [0.1, 0.15) is 11.0 Å². The first-order valence-corrected chi connectivity index (χ1v) is 12.4. The predicted octanol–water partition coefficient (Wildman–Crippen LogP) is 3.35. The fraction of sp³-hybridized carbons (Fsp3) is 0.273. The number of likely N-dealkylation sites (tertiary alicyclic amines) is 1. The van der Waals surface area contributed by atoms with Crippen LogP contribution in [0.2, 0.25) is 0 Å². The highest BCUT2D eigenvalue weighted by Crippen LogP contribution is 2.30. The minimum Gasteiger partial charge on any atom is -0.341 e. The first-order chi connectivity index (χ1) is 14.9. The summed E-state index contributed by atoms with van der Waals surface area (Å²) >= 11 is 1.23. The monoisotopic (exact) mass is 456 g/mol. The molecule has 0 spiro atoms. The van der Waals surface area contributed by atoms with Crippen LogP contribution in [0.4, 0.5) is 5.00 Å². The van der Waals surface area contributed by atoms with Gasteiger partial charge >= 0.3 is 0 Å². The number of carbonyl (C=O) groups excluding carboxylic acids is 1. The van der Waals surface area contributed by atoms with Crippen LogP contribution in [-0.4, -0.2) is 37.3 Å². The lowest BCUT2D eigenvalue weighted by molar-refractivity contribution is -0.133. The third kappa shape index (κ3) is 4.95. The number of benzene rings is 2. The normalized spacial score (nSPS) is 16.1. The molecule has 0 unspecified atom stereocenters. The first kappa shape index (κ1) is 21.5. The zero-order chi connectivity index (χ0) is 21.8. The van der Waals surface area contributed by atoms with Gasteiger partial charge in [-0.3, -0.25) is 14.5 Å². The lowest BCUT2D eigenvalue weighted by Gasteiger charge is -2.34. The quantitative estimate of drug-likeness (QED) is 0.592. The number of amides is 1. The fourth-order valence-electron chi connectivity index (χ4n) is 3.81. The van der Waals surface area contributed by atoms with Crippen molar-refractivity contribution in [1.29, 1.82) is 0 Å². The predicted molar refractivity (Wildman–Crippen MR) is 121 cm³/mol. The third-order valence-corrected chi connectivity index (χ3v) is 7.76. The number of nitrogens with two attached hydrogens (primary N) is 1. The highest BCUT2D eigenvalue weighted by Gasteiger charge is 2.28. The summed E-state index contributed by atoms with van der Waals surface area (Å²) < 4.78 is 27.5. The number of nitrogens with zero attached hydrogens (tertiary/aromatic N) is 2. The Labute approximate surface area is 186 Å². The van der Waals surface area contributed by atoms with Crippen LogP contribution in [0.25, 0.3) is 0 Å². The summed E-state index contributed by atoms with van der Waals surface area (Å²) in [5.41, 5.74) is 9.64. The second-order valence-corrected chi connectivity index (χ2v) is 10.1. The van der Waals surface area contributed by atoms with E-state index in [1.54, 1.807) is 17.6 Å². The highest BCUT2D eigenvalue weighted by molar-refractivity contribution is 7.93. The maximum absolute atomic E-state index is 12.8. The van der Waals surface area contributed by atoms with Crippen LogP contribution in [0.3, 0.4) is 0 Å². The molecule has 1 aromatic heterocycles. The van der Waals surface area contributed by atoms with Crippen LogP contribution in [0.1, 0.15) is 35.9 Å². The Morgan fingerprint density at radius 3 is 2.39 bits per heavy atom. The summed E-state index contributed by atoms with van der Waals surface area (Å²) in [6.07, 6.45) is 3.12. The van der Waals surface area contributed by atoms with E-state index in [-0.39, 0.29) is 16.7 Å². The molecular weight excluding hydrogens is 432 g/mol. The molecule has 0 aliphatic carbocycles. The van der Waals surface area contributed by atoms with E-state index in [9.17, 15) is 13.2 Å². The number of anilines is 1. The lowest BCUT2D eigenvalue weighted by Crippen LogP contribution is -2.42. The van der Waals surface area contributed by atoms with Crippen LogP contribution in [0.5, 0.6) is 0 Å². The number of hydrogen-bond acceptors (Lipinski definition) is 6. The van der Waals surface area contributed by atoms with E-state index in [1.807, 2.05) is 47.4 Å². The van der Waals surface area contributed by atoms with Gasteiger partial charge in [0.05, 0.1) is 16.6 Å². The smallest absolute Gasteiger partial charge is 0.262 e. The Kier molecular flexibility index (Phi) is 6.35. The van der Waals surface area contributed by atoms with E-state index < -0.39 is 16.1 Å². The number of carbonyl (C=O) groups is 1. The molecule has 1 atom stereocenters. The van der Waals surface area contributed by atoms with E-state index in [2.05, 4.69) is 9.71 Å². The number of sulfonamides is 1. The van der Waals surface area contributed by atoms with Crippen molar-refractivity contribution in [1.82, 2.24) is 9.88 Å². The summed E-state index contributed by atoms with van der Waals surface area (Å²) in [6.45, 7) is 1.27. The topological polar surface area (TPSA) is 105 Å². The molecule has 1 fully saturated rings. The van der Waals surface area contributed by atoms with Crippen LogP contribution in [0.15, 0.2) is 71.2 Å². The van der Waals surface area contributed by atoms with Crippen molar-refractivity contribution in [2.24, 2.45) is 5.73 Å². The molecule has 0 radical (unpaired) electrons. The second kappa shape index (κ2) is 9.17. The molecule has 1 saturated heterocycles. The van der Waals surface area contributed by atoms with Gasteiger partial charge in [0.25, 0.3) is 10.0 Å². The number of hydrogen-bond donors (Lipinski definition) is 2. The van der Waals surface area contributed by atoms with E-state index in [0.29, 0.717) is 18.1 Å². The largest absolute Gasteiger partial charge is 0.341 e. The molecule has 0 bridgehead atoms. The van der Waals surface area contributed by atoms with Gasteiger partial charge in [-0.25, -0.2) is 8.42 Å². The zero-order valence-corrected chi connectivity index (χ0v) is 18.5. The SMILES string of the molecule is N[C@@H](C(=O)N1CCC(c2ccc(S(=O)(=O)Nc3cncs3)cc2)CC1)c1ccccc1. The molecule has 0 saturated carbocycles. The molecule has 2 heterocycles. The first-order valence-electron chi connectivity index (χ1n) is 10.0. The van der Waals surface area contributed by atoms with Crippen LogP contribution < -0.4 is 10.5 Å². The fourth-order valence-corrected chi connectivity index (χ4v) is 5.62. The molecular formula is C22H24N4O3S2. The standard InChI is InChI=1S/C22H24N4O3S2/c23-21(18-4-2-1-3-5-18)22(27)26-12-10-17(11-13-26)16-6-8-19(9-7-16)31(28,29)25-20-14-24-15-30-20/h1-9,14-15,17,21,25H,10-13,23H2/t21-/m1/s1. The Morgan fingerprint density at radius 2 is 1.77 bits per heavy atom. The van der Waals surface area contributed by atoms with Gasteiger partial charge in [-0.05, 0) is 42.0 Å². The summed E-state index contributed by atoms with van der Waals surface area (Å²) in [4.78, 5) is 18.7. The average molecular weight is 457 g/mol. The maximum atomic E-state index is 12.8. The summed E-state index contributed by atoms with van der Waals surface area (Å²) in [5, 5.41) is 0.481. The van der Waals surface area contributed by atoms with E-state index in [1.165, 1.54) is 17.5 Å². The van der Waals surface area contributed by atoms with Crippen molar-refractivity contribution < 1.29 is 13.2 Å². The Balaban J connectivity index is 1.36. The molecule has 3 N–H and O–H groups in total. The minimum absolute atomic E-state index is 0.0553. The van der Waals surface area contributed by atoms with Crippen LogP contribution in [-0.2, 0) is 14.8 Å². The Bertz CT molecular complexity index is 1110. The minimum atomic E-state index is -3.63. The molecule has 2 aromatic carbocycles. The van der Waals surface area contributed by atoms with Gasteiger partial charge in [-0.2, -0.15) is 0 Å². The van der Waals surface area contributed by atoms with Gasteiger partial charge in [0, 0.05) is 13.1 Å². The molecule has 162 valence electrons. The Morgan fingerprint density at radius 1 is 1.10 bits per heavy atom. The number of thiazole rings is 1. The molecule has 3 aromatic rings. The zero-order valence-electron chi connectivity index (χ0n) is 16.8. The molecule has 4 rings (SSSR count). The van der Waals surface area contributed by atoms with Crippen molar-refractivity contribution in [2.75, 3.05) is 17.8 Å². The van der Waals surface area contributed by atoms with Crippen LogP contribution >= 0.6 is 11.3 Å². The van der Waals surface area contributed by atoms with Gasteiger partial charge in [0.15, 0.2) is 0 Å². The molecule has 9 heteroatoms. The van der Waals surface area contributed by atoms with Gasteiger partial charge in [-0.15, -0.1) is 11.3 Å². The summed E-state index contributed by atoms with van der Waals surface area (Å²) in [5.74, 6) is 0.225. The number of piperidine rings is 1. The third-order valence-electron chi connectivity index (χ3n) is 5.56. The second-order valence-electron chi connectivity index (χ2n) is 7.53. The van der Waals surface area contributed by atoms with E-state index >= 15 is 0 Å².